The SMILES string of the molecule is Cc1ccn([C@H](c2ccccc2C#N)[C@H](C)c2nc(C(=O)Nc3cnoc3)c(O)c(=O)n2C)n1. The number of nitrogens with one attached hydrogen (secondary N) is 1. The number of benzene rings is 1. The fourth-order valence-corrected chi connectivity index (χ4v) is 3.86. The average molecular weight is 459 g/mol. The zero-order valence-corrected chi connectivity index (χ0v) is 18.6. The highest BCUT2D eigenvalue weighted by atomic mass is 16.5. The second-order valence-corrected chi connectivity index (χ2v) is 7.77. The van der Waals surface area contributed by atoms with Gasteiger partial charge in [-0.3, -0.25) is 18.8 Å². The minimum Gasteiger partial charge on any atom is -0.501 e. The predicted octanol–water partition coefficient (Wildman–Crippen LogP) is 2.50. The molecule has 4 aromatic rings. The zero-order valence-electron chi connectivity index (χ0n) is 18.6. The molecule has 0 saturated carbocycles. The van der Waals surface area contributed by atoms with Gasteiger partial charge in [0.1, 0.15) is 17.8 Å². The molecule has 34 heavy (non-hydrogen) atoms. The molecule has 172 valence electrons. The standard InChI is InChI=1S/C23H21N7O4/c1-13-8-9-30(28-13)19(17-7-5-4-6-15(17)10-24)14(2)21-27-18(20(31)23(33)29(21)3)22(32)26-16-11-25-34-12-16/h4-9,11-12,14,19,31H,1-3H3,(H,26,32)/t14-,19-/m0/s1. The molecule has 0 saturated heterocycles. The van der Waals surface area contributed by atoms with Crippen LogP contribution in [-0.4, -0.2) is 35.5 Å². The van der Waals surface area contributed by atoms with Gasteiger partial charge in [-0.1, -0.05) is 30.3 Å². The molecule has 2 N–H and O–H groups in total. The van der Waals surface area contributed by atoms with Crippen molar-refractivity contribution in [3.63, 3.8) is 0 Å². The van der Waals surface area contributed by atoms with E-state index in [0.717, 1.165) is 5.69 Å². The monoisotopic (exact) mass is 459 g/mol. The van der Waals surface area contributed by atoms with Crippen LogP contribution in [0.15, 0.2) is 58.3 Å². The molecule has 0 aliphatic heterocycles. The van der Waals surface area contributed by atoms with Gasteiger partial charge in [-0.2, -0.15) is 10.4 Å². The largest absolute Gasteiger partial charge is 0.501 e. The van der Waals surface area contributed by atoms with Crippen molar-refractivity contribution < 1.29 is 14.4 Å². The predicted molar refractivity (Wildman–Crippen MR) is 120 cm³/mol. The number of carbonyl (C=O) groups is 1. The molecule has 2 atom stereocenters. The van der Waals surface area contributed by atoms with Crippen LogP contribution in [0.3, 0.4) is 0 Å². The lowest BCUT2D eigenvalue weighted by molar-refractivity contribution is 0.101. The highest BCUT2D eigenvalue weighted by Crippen LogP contribution is 2.35. The molecule has 0 bridgehead atoms. The van der Waals surface area contributed by atoms with E-state index in [1.165, 1.54) is 24.1 Å². The van der Waals surface area contributed by atoms with Gasteiger partial charge in [0.15, 0.2) is 5.69 Å². The number of aromatic nitrogens is 5. The maximum atomic E-state index is 12.8. The summed E-state index contributed by atoms with van der Waals surface area (Å²) in [5.41, 5.74) is 0.925. The lowest BCUT2D eigenvalue weighted by Crippen LogP contribution is -2.31. The summed E-state index contributed by atoms with van der Waals surface area (Å²) in [7, 11) is 1.46. The number of hydrogen-bond acceptors (Lipinski definition) is 8. The number of nitrogens with zero attached hydrogens (tertiary/aromatic N) is 6. The van der Waals surface area contributed by atoms with E-state index in [-0.39, 0.29) is 11.5 Å². The van der Waals surface area contributed by atoms with Crippen molar-refractivity contribution in [2.75, 3.05) is 5.32 Å². The molecule has 0 unspecified atom stereocenters. The molecular weight excluding hydrogens is 438 g/mol. The van der Waals surface area contributed by atoms with Gasteiger partial charge in [0.05, 0.1) is 29.6 Å². The van der Waals surface area contributed by atoms with E-state index in [2.05, 4.69) is 26.6 Å². The van der Waals surface area contributed by atoms with Gasteiger partial charge in [0.25, 0.3) is 11.5 Å². The van der Waals surface area contributed by atoms with Crippen molar-refractivity contribution in [3.05, 3.63) is 87.7 Å². The molecule has 11 heteroatoms. The van der Waals surface area contributed by atoms with Crippen LogP contribution in [0.4, 0.5) is 5.69 Å². The molecule has 1 amide bonds. The maximum Gasteiger partial charge on any atom is 0.296 e. The van der Waals surface area contributed by atoms with Gasteiger partial charge < -0.3 is 14.9 Å². The lowest BCUT2D eigenvalue weighted by atomic mass is 9.90. The zero-order chi connectivity index (χ0) is 24.4. The number of hydrogen-bond donors (Lipinski definition) is 2. The van der Waals surface area contributed by atoms with Crippen LogP contribution in [0, 0.1) is 18.3 Å². The Morgan fingerprint density at radius 1 is 1.29 bits per heavy atom. The summed E-state index contributed by atoms with van der Waals surface area (Å²) in [6.07, 6.45) is 4.26. The third kappa shape index (κ3) is 4.04. The molecule has 4 rings (SSSR count). The van der Waals surface area contributed by atoms with Crippen LogP contribution in [0.25, 0.3) is 0 Å². The molecule has 3 aromatic heterocycles. The van der Waals surface area contributed by atoms with E-state index in [4.69, 9.17) is 4.52 Å². The van der Waals surface area contributed by atoms with E-state index < -0.39 is 34.9 Å². The molecule has 0 aliphatic rings. The number of carbonyl (C=O) groups excluding carboxylic acids is 1. The van der Waals surface area contributed by atoms with Crippen molar-refractivity contribution in [3.8, 4) is 11.8 Å². The summed E-state index contributed by atoms with van der Waals surface area (Å²) in [5, 5.41) is 30.6. The maximum absolute atomic E-state index is 12.8. The normalized spacial score (nSPS) is 12.6. The van der Waals surface area contributed by atoms with Crippen molar-refractivity contribution in [2.24, 2.45) is 7.05 Å². The minimum atomic E-state index is -0.796. The van der Waals surface area contributed by atoms with Gasteiger partial charge in [-0.25, -0.2) is 4.98 Å². The quantitative estimate of drug-likeness (QED) is 0.446. The Labute approximate surface area is 193 Å². The Morgan fingerprint density at radius 3 is 2.71 bits per heavy atom. The molecule has 3 heterocycles. The van der Waals surface area contributed by atoms with Crippen LogP contribution in [0.1, 0.15) is 52.0 Å². The topological polar surface area (TPSA) is 152 Å². The van der Waals surface area contributed by atoms with Crippen molar-refractivity contribution in [2.45, 2.75) is 25.8 Å². The van der Waals surface area contributed by atoms with Gasteiger partial charge >= 0.3 is 0 Å². The molecule has 0 spiro atoms. The first-order valence-corrected chi connectivity index (χ1v) is 10.3. The van der Waals surface area contributed by atoms with Crippen LogP contribution in [-0.2, 0) is 7.05 Å². The highest BCUT2D eigenvalue weighted by molar-refractivity contribution is 6.04. The molecule has 0 fully saturated rings. The van der Waals surface area contributed by atoms with Crippen molar-refractivity contribution in [1.82, 2.24) is 24.5 Å². The number of rotatable bonds is 6. The summed E-state index contributed by atoms with van der Waals surface area (Å²) in [6.45, 7) is 3.66. The molecule has 1 aromatic carbocycles. The molecule has 11 nitrogen and oxygen atoms in total. The molecule has 0 aliphatic carbocycles. The fraction of sp³-hybridized carbons (Fsp3) is 0.217. The number of anilines is 1. The lowest BCUT2D eigenvalue weighted by Gasteiger charge is -2.27. The van der Waals surface area contributed by atoms with E-state index >= 15 is 0 Å². The Morgan fingerprint density at radius 2 is 2.06 bits per heavy atom. The minimum absolute atomic E-state index is 0.226. The third-order valence-electron chi connectivity index (χ3n) is 5.51. The average Bonchev–Trinajstić information content (AvgIpc) is 3.50. The second kappa shape index (κ2) is 9.03. The number of amides is 1. The summed E-state index contributed by atoms with van der Waals surface area (Å²) in [5.74, 6) is -1.88. The number of aryl methyl sites for hydroxylation is 1. The van der Waals surface area contributed by atoms with Gasteiger partial charge in [0.2, 0.25) is 5.75 Å². The first kappa shape index (κ1) is 22.5. The van der Waals surface area contributed by atoms with Crippen LogP contribution in [0.5, 0.6) is 5.75 Å². The highest BCUT2D eigenvalue weighted by Gasteiger charge is 2.31. The molecular formula is C23H21N7O4. The van der Waals surface area contributed by atoms with E-state index in [9.17, 15) is 20.0 Å². The Kier molecular flexibility index (Phi) is 5.97. The van der Waals surface area contributed by atoms with Gasteiger partial charge in [-0.15, -0.1) is 0 Å². The van der Waals surface area contributed by atoms with E-state index in [1.807, 2.05) is 32.0 Å². The Hall–Kier alpha value is -4.72. The Balaban J connectivity index is 1.85. The first-order valence-electron chi connectivity index (χ1n) is 10.3. The van der Waals surface area contributed by atoms with Crippen LogP contribution >= 0.6 is 0 Å². The van der Waals surface area contributed by atoms with E-state index in [1.54, 1.807) is 23.0 Å². The van der Waals surface area contributed by atoms with Crippen LogP contribution in [0.2, 0.25) is 0 Å². The first-order chi connectivity index (χ1) is 16.3. The smallest absolute Gasteiger partial charge is 0.296 e. The summed E-state index contributed by atoms with van der Waals surface area (Å²) >= 11 is 0. The van der Waals surface area contributed by atoms with Crippen LogP contribution < -0.4 is 10.9 Å². The molecule has 0 radical (unpaired) electrons. The summed E-state index contributed by atoms with van der Waals surface area (Å²) in [6, 6.07) is 10.6. The van der Waals surface area contributed by atoms with Crippen molar-refractivity contribution in [1.29, 1.82) is 5.26 Å². The number of nitriles is 1. The Bertz CT molecular complexity index is 1450. The second-order valence-electron chi connectivity index (χ2n) is 7.77. The summed E-state index contributed by atoms with van der Waals surface area (Å²) in [4.78, 5) is 30.0. The van der Waals surface area contributed by atoms with Gasteiger partial charge in [-0.05, 0) is 24.6 Å². The van der Waals surface area contributed by atoms with Crippen molar-refractivity contribution >= 4 is 11.6 Å². The summed E-state index contributed by atoms with van der Waals surface area (Å²) < 4.78 is 7.58. The third-order valence-corrected chi connectivity index (χ3v) is 5.51. The number of aromatic hydroxyl groups is 1. The van der Waals surface area contributed by atoms with E-state index in [0.29, 0.717) is 11.1 Å². The fourth-order valence-electron chi connectivity index (χ4n) is 3.86. The van der Waals surface area contributed by atoms with Gasteiger partial charge in [0, 0.05) is 19.2 Å².